The molecule has 1 aromatic rings. The minimum Gasteiger partial charge on any atom is -0.383 e. The molecule has 0 amide bonds. The highest BCUT2D eigenvalue weighted by Crippen LogP contribution is 2.28. The van der Waals surface area contributed by atoms with Gasteiger partial charge in [0.05, 0.1) is 0 Å². The molecule has 0 bridgehead atoms. The van der Waals surface area contributed by atoms with Crippen molar-refractivity contribution in [1.82, 2.24) is 9.97 Å². The van der Waals surface area contributed by atoms with E-state index < -0.39 is 0 Å². The molecule has 1 aromatic heterocycles. The van der Waals surface area contributed by atoms with E-state index in [0.717, 1.165) is 12.0 Å². The highest BCUT2D eigenvalue weighted by Gasteiger charge is 2.12. The Labute approximate surface area is 77.0 Å². The van der Waals surface area contributed by atoms with Gasteiger partial charge >= 0.3 is 0 Å². The van der Waals surface area contributed by atoms with Crippen LogP contribution in [0.4, 0.5) is 5.82 Å². The van der Waals surface area contributed by atoms with Gasteiger partial charge in [0.2, 0.25) is 0 Å². The van der Waals surface area contributed by atoms with Gasteiger partial charge in [-0.3, -0.25) is 0 Å². The highest BCUT2D eigenvalue weighted by molar-refractivity contribution is 6.30. The third-order valence-corrected chi connectivity index (χ3v) is 2.27. The fourth-order valence-electron chi connectivity index (χ4n) is 1.05. The Morgan fingerprint density at radius 1 is 1.58 bits per heavy atom. The van der Waals surface area contributed by atoms with Crippen LogP contribution < -0.4 is 5.73 Å². The first kappa shape index (κ1) is 9.26. The van der Waals surface area contributed by atoms with E-state index in [1.165, 1.54) is 6.33 Å². The summed E-state index contributed by atoms with van der Waals surface area (Å²) in [6.07, 6.45) is 2.36. The van der Waals surface area contributed by atoms with Crippen LogP contribution in [0.2, 0.25) is 5.15 Å². The van der Waals surface area contributed by atoms with Crippen LogP contribution >= 0.6 is 11.6 Å². The van der Waals surface area contributed by atoms with E-state index in [0.29, 0.717) is 16.9 Å². The number of hydrogen-bond donors (Lipinski definition) is 1. The zero-order valence-electron chi connectivity index (χ0n) is 7.21. The van der Waals surface area contributed by atoms with E-state index >= 15 is 0 Å². The number of hydrogen-bond acceptors (Lipinski definition) is 3. The van der Waals surface area contributed by atoms with Gasteiger partial charge < -0.3 is 5.73 Å². The van der Waals surface area contributed by atoms with Crippen molar-refractivity contribution in [2.24, 2.45) is 0 Å². The smallest absolute Gasteiger partial charge is 0.138 e. The van der Waals surface area contributed by atoms with Crippen molar-refractivity contribution in [1.29, 1.82) is 0 Å². The second-order valence-corrected chi connectivity index (χ2v) is 3.13. The van der Waals surface area contributed by atoms with E-state index in [4.69, 9.17) is 17.3 Å². The van der Waals surface area contributed by atoms with Crippen molar-refractivity contribution in [3.05, 3.63) is 17.0 Å². The first-order valence-corrected chi connectivity index (χ1v) is 4.30. The Hall–Kier alpha value is -0.830. The molecule has 0 aliphatic heterocycles. The molecular weight excluding hydrogens is 174 g/mol. The van der Waals surface area contributed by atoms with Gasteiger partial charge in [0.25, 0.3) is 0 Å². The topological polar surface area (TPSA) is 51.8 Å². The average molecular weight is 186 g/mol. The molecule has 0 unspecified atom stereocenters. The van der Waals surface area contributed by atoms with E-state index in [-0.39, 0.29) is 0 Å². The van der Waals surface area contributed by atoms with Crippen LogP contribution in [0.3, 0.4) is 0 Å². The molecule has 0 aliphatic carbocycles. The molecule has 0 spiro atoms. The lowest BCUT2D eigenvalue weighted by Crippen LogP contribution is -2.03. The average Bonchev–Trinajstić information content (AvgIpc) is 2.03. The lowest BCUT2D eigenvalue weighted by Gasteiger charge is -2.11. The molecule has 66 valence electrons. The van der Waals surface area contributed by atoms with Crippen molar-refractivity contribution < 1.29 is 0 Å². The maximum atomic E-state index is 5.87. The molecule has 0 radical (unpaired) electrons. The number of anilines is 1. The third kappa shape index (κ3) is 1.67. The summed E-state index contributed by atoms with van der Waals surface area (Å²) >= 11 is 5.87. The normalized spacial score (nSPS) is 12.9. The largest absolute Gasteiger partial charge is 0.383 e. The fraction of sp³-hybridized carbons (Fsp3) is 0.500. The van der Waals surface area contributed by atoms with Gasteiger partial charge in [0.15, 0.2) is 0 Å². The third-order valence-electron chi connectivity index (χ3n) is 1.97. The van der Waals surface area contributed by atoms with E-state index in [1.54, 1.807) is 0 Å². The lowest BCUT2D eigenvalue weighted by molar-refractivity contribution is 0.728. The van der Waals surface area contributed by atoms with Crippen LogP contribution in [0.5, 0.6) is 0 Å². The maximum Gasteiger partial charge on any atom is 0.138 e. The molecule has 3 nitrogen and oxygen atoms in total. The van der Waals surface area contributed by atoms with Gasteiger partial charge in [-0.25, -0.2) is 9.97 Å². The summed E-state index contributed by atoms with van der Waals surface area (Å²) in [7, 11) is 0. The molecular formula is C8H12ClN3. The lowest BCUT2D eigenvalue weighted by atomic mass is 10.0. The predicted molar refractivity (Wildman–Crippen MR) is 50.2 cm³/mol. The molecule has 12 heavy (non-hydrogen) atoms. The minimum absolute atomic E-state index is 0.318. The van der Waals surface area contributed by atoms with Gasteiger partial charge in [-0.15, -0.1) is 0 Å². The number of nitrogens with two attached hydrogens (primary N) is 1. The number of halogens is 1. The molecule has 0 fully saturated rings. The van der Waals surface area contributed by atoms with Gasteiger partial charge in [0.1, 0.15) is 17.3 Å². The molecule has 0 saturated heterocycles. The quantitative estimate of drug-likeness (QED) is 0.719. The Kier molecular flexibility index (Phi) is 2.87. The summed E-state index contributed by atoms with van der Waals surface area (Å²) < 4.78 is 0. The Bertz CT molecular complexity index is 255. The number of aromatic nitrogens is 2. The first-order valence-electron chi connectivity index (χ1n) is 3.92. The van der Waals surface area contributed by atoms with Crippen molar-refractivity contribution in [2.45, 2.75) is 26.2 Å². The summed E-state index contributed by atoms with van der Waals surface area (Å²) in [6, 6.07) is 0. The predicted octanol–water partition coefficient (Wildman–Crippen LogP) is 2.23. The second kappa shape index (κ2) is 3.72. The first-order chi connectivity index (χ1) is 5.66. The van der Waals surface area contributed by atoms with Gasteiger partial charge in [-0.2, -0.15) is 0 Å². The summed E-state index contributed by atoms with van der Waals surface area (Å²) in [5.41, 5.74) is 6.52. The second-order valence-electron chi connectivity index (χ2n) is 2.77. The van der Waals surface area contributed by atoms with Gasteiger partial charge in [-0.1, -0.05) is 25.4 Å². The summed E-state index contributed by atoms with van der Waals surface area (Å²) in [5.74, 6) is 0.808. The van der Waals surface area contributed by atoms with Crippen LogP contribution in [0, 0.1) is 0 Å². The van der Waals surface area contributed by atoms with Crippen LogP contribution in [0.25, 0.3) is 0 Å². The Morgan fingerprint density at radius 2 is 2.25 bits per heavy atom. The molecule has 1 rings (SSSR count). The fourth-order valence-corrected chi connectivity index (χ4v) is 1.37. The monoisotopic (exact) mass is 185 g/mol. The maximum absolute atomic E-state index is 5.87. The molecule has 0 saturated carbocycles. The van der Waals surface area contributed by atoms with Crippen LogP contribution in [-0.4, -0.2) is 9.97 Å². The Morgan fingerprint density at radius 3 is 2.75 bits per heavy atom. The number of nitrogen functional groups attached to an aromatic ring is 1. The summed E-state index contributed by atoms with van der Waals surface area (Å²) in [6.45, 7) is 4.13. The van der Waals surface area contributed by atoms with Crippen LogP contribution in [0.15, 0.2) is 6.33 Å². The van der Waals surface area contributed by atoms with Crippen LogP contribution in [0.1, 0.15) is 31.7 Å². The van der Waals surface area contributed by atoms with Crippen molar-refractivity contribution in [2.75, 3.05) is 5.73 Å². The molecule has 1 atom stereocenters. The zero-order chi connectivity index (χ0) is 9.14. The molecule has 1 heterocycles. The van der Waals surface area contributed by atoms with Crippen molar-refractivity contribution in [3.8, 4) is 0 Å². The number of rotatable bonds is 2. The Balaban J connectivity index is 3.12. The SMILES string of the molecule is CC[C@H](C)c1c(N)ncnc1Cl. The van der Waals surface area contributed by atoms with E-state index in [9.17, 15) is 0 Å². The summed E-state index contributed by atoms with van der Waals surface area (Å²) in [5, 5.41) is 0.469. The molecule has 4 heteroatoms. The summed E-state index contributed by atoms with van der Waals surface area (Å²) in [4.78, 5) is 7.77. The zero-order valence-corrected chi connectivity index (χ0v) is 7.97. The van der Waals surface area contributed by atoms with Gasteiger partial charge in [-0.05, 0) is 12.3 Å². The minimum atomic E-state index is 0.318. The van der Waals surface area contributed by atoms with Crippen LogP contribution in [-0.2, 0) is 0 Å². The van der Waals surface area contributed by atoms with Gasteiger partial charge in [0, 0.05) is 5.56 Å². The molecule has 2 N–H and O–H groups in total. The van der Waals surface area contributed by atoms with Crippen molar-refractivity contribution in [3.63, 3.8) is 0 Å². The standard InChI is InChI=1S/C8H12ClN3/c1-3-5(2)6-7(9)11-4-12-8(6)10/h4-5H,3H2,1-2H3,(H2,10,11,12)/t5-/m0/s1. The van der Waals surface area contributed by atoms with E-state index in [1.807, 2.05) is 0 Å². The molecule has 0 aliphatic rings. The number of nitrogens with zero attached hydrogens (tertiary/aromatic N) is 2. The van der Waals surface area contributed by atoms with E-state index in [2.05, 4.69) is 23.8 Å². The highest BCUT2D eigenvalue weighted by atomic mass is 35.5. The van der Waals surface area contributed by atoms with Crippen molar-refractivity contribution >= 4 is 17.4 Å². The molecule has 0 aromatic carbocycles.